The van der Waals surface area contributed by atoms with Crippen molar-refractivity contribution in [2.45, 2.75) is 13.0 Å². The lowest BCUT2D eigenvalue weighted by Gasteiger charge is -2.17. The number of aromatic nitrogens is 2. The van der Waals surface area contributed by atoms with E-state index in [0.29, 0.717) is 16.3 Å². The van der Waals surface area contributed by atoms with Crippen LogP contribution in [0.1, 0.15) is 34.8 Å². The molecule has 1 aromatic heterocycles. The van der Waals surface area contributed by atoms with Crippen molar-refractivity contribution < 1.29 is 18.7 Å². The summed E-state index contributed by atoms with van der Waals surface area (Å²) in [4.78, 5) is 25.2. The second kappa shape index (κ2) is 10.6. The Labute approximate surface area is 200 Å². The summed E-state index contributed by atoms with van der Waals surface area (Å²) in [6.45, 7) is 1.94. The van der Waals surface area contributed by atoms with Crippen molar-refractivity contribution in [2.75, 3.05) is 11.9 Å². The highest BCUT2D eigenvalue weighted by Gasteiger charge is 2.24. The number of halogens is 1. The standard InChI is InChI=1S/C25H21ClN4O4/c1-2-33-24(31)18-13-7-9-15-20(18)27-25(32)28-21(16-10-4-3-5-11-16)23-30-29-22(34-23)17-12-6-8-14-19(17)26/h3-15,21H,2H2,1H3,(H2,27,28,32). The average molecular weight is 477 g/mol. The van der Waals surface area contributed by atoms with Gasteiger partial charge in [-0.25, -0.2) is 9.59 Å². The molecule has 4 rings (SSSR count). The lowest BCUT2D eigenvalue weighted by atomic mass is 10.1. The average Bonchev–Trinajstić information content (AvgIpc) is 3.33. The molecule has 0 aliphatic heterocycles. The molecular formula is C25H21ClN4O4. The maximum absolute atomic E-state index is 12.9. The predicted octanol–water partition coefficient (Wildman–Crippen LogP) is 5.48. The number of nitrogens with zero attached hydrogens (tertiary/aromatic N) is 2. The zero-order valence-electron chi connectivity index (χ0n) is 18.2. The van der Waals surface area contributed by atoms with Gasteiger partial charge in [0.1, 0.15) is 6.04 Å². The van der Waals surface area contributed by atoms with Gasteiger partial charge in [0.05, 0.1) is 28.4 Å². The maximum Gasteiger partial charge on any atom is 0.340 e. The second-order valence-corrected chi connectivity index (χ2v) is 7.54. The van der Waals surface area contributed by atoms with Crippen molar-refractivity contribution in [2.24, 2.45) is 0 Å². The second-order valence-electron chi connectivity index (χ2n) is 7.13. The van der Waals surface area contributed by atoms with E-state index in [2.05, 4.69) is 20.8 Å². The number of urea groups is 1. The number of benzene rings is 3. The van der Waals surface area contributed by atoms with Gasteiger partial charge in [-0.15, -0.1) is 10.2 Å². The Morgan fingerprint density at radius 2 is 1.68 bits per heavy atom. The molecule has 1 heterocycles. The number of hydrogen-bond acceptors (Lipinski definition) is 6. The number of hydrogen-bond donors (Lipinski definition) is 2. The summed E-state index contributed by atoms with van der Waals surface area (Å²) in [5.41, 5.74) is 1.87. The lowest BCUT2D eigenvalue weighted by molar-refractivity contribution is 0.0527. The number of carbonyl (C=O) groups excluding carboxylic acids is 2. The Balaban J connectivity index is 1.60. The van der Waals surface area contributed by atoms with Crippen molar-refractivity contribution in [1.82, 2.24) is 15.5 Å². The SMILES string of the molecule is CCOC(=O)c1ccccc1NC(=O)NC(c1ccccc1)c1nnc(-c2ccccc2Cl)o1. The van der Waals surface area contributed by atoms with Gasteiger partial charge in [0.15, 0.2) is 0 Å². The molecule has 0 aliphatic rings. The molecule has 0 aliphatic carbocycles. The molecule has 9 heteroatoms. The summed E-state index contributed by atoms with van der Waals surface area (Å²) in [5, 5.41) is 14.3. The number of rotatable bonds is 7. The van der Waals surface area contributed by atoms with Crippen LogP contribution >= 0.6 is 11.6 Å². The molecule has 0 bridgehead atoms. The van der Waals surface area contributed by atoms with Gasteiger partial charge in [0.2, 0.25) is 11.8 Å². The number of carbonyl (C=O) groups is 2. The summed E-state index contributed by atoms with van der Waals surface area (Å²) in [6.07, 6.45) is 0. The third-order valence-electron chi connectivity index (χ3n) is 4.87. The zero-order valence-corrected chi connectivity index (χ0v) is 19.0. The van der Waals surface area contributed by atoms with E-state index in [-0.39, 0.29) is 24.0 Å². The minimum atomic E-state index is -0.750. The van der Waals surface area contributed by atoms with Crippen molar-refractivity contribution in [3.8, 4) is 11.5 Å². The van der Waals surface area contributed by atoms with Gasteiger partial charge in [-0.1, -0.05) is 66.2 Å². The molecule has 172 valence electrons. The fraction of sp³-hybridized carbons (Fsp3) is 0.120. The first-order chi connectivity index (χ1) is 16.6. The monoisotopic (exact) mass is 476 g/mol. The van der Waals surface area contributed by atoms with Gasteiger partial charge < -0.3 is 19.8 Å². The van der Waals surface area contributed by atoms with Crippen molar-refractivity contribution in [3.05, 3.63) is 101 Å². The van der Waals surface area contributed by atoms with E-state index in [1.54, 1.807) is 49.4 Å². The van der Waals surface area contributed by atoms with E-state index in [1.165, 1.54) is 0 Å². The van der Waals surface area contributed by atoms with E-state index in [1.807, 2.05) is 36.4 Å². The topological polar surface area (TPSA) is 106 Å². The summed E-state index contributed by atoms with van der Waals surface area (Å²) in [7, 11) is 0. The van der Waals surface area contributed by atoms with Gasteiger partial charge >= 0.3 is 12.0 Å². The van der Waals surface area contributed by atoms with Gasteiger partial charge in [-0.05, 0) is 36.8 Å². The summed E-state index contributed by atoms with van der Waals surface area (Å²) < 4.78 is 11.0. The van der Waals surface area contributed by atoms with Gasteiger partial charge in [0, 0.05) is 0 Å². The van der Waals surface area contributed by atoms with Crippen LogP contribution in [-0.4, -0.2) is 28.8 Å². The van der Waals surface area contributed by atoms with Crippen LogP contribution in [0.15, 0.2) is 83.3 Å². The molecule has 4 aromatic rings. The van der Waals surface area contributed by atoms with Crippen molar-refractivity contribution >= 4 is 29.3 Å². The maximum atomic E-state index is 12.9. The first-order valence-corrected chi connectivity index (χ1v) is 10.9. The largest absolute Gasteiger partial charge is 0.462 e. The van der Waals surface area contributed by atoms with E-state index in [9.17, 15) is 9.59 Å². The minimum absolute atomic E-state index is 0.176. The van der Waals surface area contributed by atoms with Crippen LogP contribution in [0.3, 0.4) is 0 Å². The van der Waals surface area contributed by atoms with Crippen LogP contribution in [-0.2, 0) is 4.74 Å². The van der Waals surface area contributed by atoms with E-state index >= 15 is 0 Å². The molecule has 3 aromatic carbocycles. The molecule has 1 atom stereocenters. The predicted molar refractivity (Wildman–Crippen MR) is 128 cm³/mol. The molecule has 0 fully saturated rings. The molecule has 0 saturated carbocycles. The van der Waals surface area contributed by atoms with E-state index in [4.69, 9.17) is 20.8 Å². The van der Waals surface area contributed by atoms with Crippen molar-refractivity contribution in [3.63, 3.8) is 0 Å². The Bertz CT molecular complexity index is 1290. The Hall–Kier alpha value is -4.17. The molecular weight excluding hydrogens is 456 g/mol. The van der Waals surface area contributed by atoms with Crippen LogP contribution < -0.4 is 10.6 Å². The number of amides is 2. The van der Waals surface area contributed by atoms with Crippen LogP contribution in [0.4, 0.5) is 10.5 Å². The molecule has 0 saturated heterocycles. The zero-order chi connectivity index (χ0) is 23.9. The van der Waals surface area contributed by atoms with Gasteiger partial charge in [0.25, 0.3) is 0 Å². The molecule has 1 unspecified atom stereocenters. The fourth-order valence-electron chi connectivity index (χ4n) is 3.30. The van der Waals surface area contributed by atoms with Gasteiger partial charge in [-0.3, -0.25) is 0 Å². The summed E-state index contributed by atoms with van der Waals surface area (Å²) in [5.74, 6) is -0.120. The van der Waals surface area contributed by atoms with Gasteiger partial charge in [-0.2, -0.15) is 0 Å². The molecule has 2 N–H and O–H groups in total. The highest BCUT2D eigenvalue weighted by atomic mass is 35.5. The Morgan fingerprint density at radius 1 is 0.971 bits per heavy atom. The molecule has 8 nitrogen and oxygen atoms in total. The Morgan fingerprint density at radius 3 is 2.44 bits per heavy atom. The smallest absolute Gasteiger partial charge is 0.340 e. The minimum Gasteiger partial charge on any atom is -0.462 e. The molecule has 34 heavy (non-hydrogen) atoms. The number of esters is 1. The fourth-order valence-corrected chi connectivity index (χ4v) is 3.51. The number of ether oxygens (including phenoxy) is 1. The van der Waals surface area contributed by atoms with Crippen LogP contribution in [0.2, 0.25) is 5.02 Å². The molecule has 0 radical (unpaired) electrons. The third-order valence-corrected chi connectivity index (χ3v) is 5.20. The first-order valence-electron chi connectivity index (χ1n) is 10.5. The Kier molecular flexibility index (Phi) is 7.19. The summed E-state index contributed by atoms with van der Waals surface area (Å²) >= 11 is 6.26. The van der Waals surface area contributed by atoms with Crippen LogP contribution in [0.5, 0.6) is 0 Å². The number of para-hydroxylation sites is 1. The summed E-state index contributed by atoms with van der Waals surface area (Å²) in [6, 6.07) is 21.6. The van der Waals surface area contributed by atoms with E-state index in [0.717, 1.165) is 5.56 Å². The quantitative estimate of drug-likeness (QED) is 0.342. The number of anilines is 1. The van der Waals surface area contributed by atoms with Crippen LogP contribution in [0.25, 0.3) is 11.5 Å². The molecule has 0 spiro atoms. The van der Waals surface area contributed by atoms with Crippen molar-refractivity contribution in [1.29, 1.82) is 0 Å². The van der Waals surface area contributed by atoms with E-state index < -0.39 is 18.0 Å². The highest BCUT2D eigenvalue weighted by molar-refractivity contribution is 6.33. The molecule has 2 amide bonds. The lowest BCUT2D eigenvalue weighted by Crippen LogP contribution is -2.34. The third kappa shape index (κ3) is 5.24. The normalized spacial score (nSPS) is 11.5. The highest BCUT2D eigenvalue weighted by Crippen LogP contribution is 2.29. The number of nitrogens with one attached hydrogen (secondary N) is 2. The first kappa shape index (κ1) is 23.0. The van der Waals surface area contributed by atoms with Crippen LogP contribution in [0, 0.1) is 0 Å².